The zero-order valence-corrected chi connectivity index (χ0v) is 24.2. The second-order valence-corrected chi connectivity index (χ2v) is 11.3. The van der Waals surface area contributed by atoms with Crippen LogP contribution in [0.15, 0.2) is 156 Å². The molecule has 9 aromatic rings. The first-order chi connectivity index (χ1) is 22.3. The summed E-state index contributed by atoms with van der Waals surface area (Å²) in [5.74, 6) is 1.89. The molecule has 4 nitrogen and oxygen atoms in total. The Bertz CT molecular complexity index is 2540. The van der Waals surface area contributed by atoms with Crippen molar-refractivity contribution in [3.05, 3.63) is 152 Å². The van der Waals surface area contributed by atoms with Gasteiger partial charge in [0.15, 0.2) is 17.5 Å². The second-order valence-electron chi connectivity index (χ2n) is 11.3. The van der Waals surface area contributed by atoms with E-state index >= 15 is 0 Å². The van der Waals surface area contributed by atoms with E-state index in [1.165, 1.54) is 5.39 Å². The summed E-state index contributed by atoms with van der Waals surface area (Å²) in [4.78, 5) is 15.3. The van der Waals surface area contributed by atoms with Gasteiger partial charge in [-0.2, -0.15) is 0 Å². The van der Waals surface area contributed by atoms with Crippen molar-refractivity contribution in [3.8, 4) is 45.3 Å². The minimum atomic E-state index is 0.620. The number of benzene rings is 7. The Labute approximate surface area is 259 Å². The maximum absolute atomic E-state index is 6.48. The number of hydrogen-bond acceptors (Lipinski definition) is 4. The van der Waals surface area contributed by atoms with Crippen molar-refractivity contribution in [3.63, 3.8) is 0 Å². The summed E-state index contributed by atoms with van der Waals surface area (Å²) >= 11 is 0. The highest BCUT2D eigenvalue weighted by atomic mass is 16.3. The third-order valence-corrected chi connectivity index (χ3v) is 8.50. The van der Waals surface area contributed by atoms with Crippen molar-refractivity contribution in [1.82, 2.24) is 15.0 Å². The van der Waals surface area contributed by atoms with Crippen molar-refractivity contribution in [1.29, 1.82) is 0 Å². The van der Waals surface area contributed by atoms with E-state index in [1.54, 1.807) is 0 Å². The van der Waals surface area contributed by atoms with Crippen molar-refractivity contribution < 1.29 is 4.42 Å². The molecule has 2 aromatic heterocycles. The molecule has 7 aromatic carbocycles. The second kappa shape index (κ2) is 10.2. The summed E-state index contributed by atoms with van der Waals surface area (Å²) in [5, 5.41) is 6.47. The molecule has 0 aliphatic rings. The molecule has 0 unspecified atom stereocenters. The molecule has 0 N–H and O–H groups in total. The van der Waals surface area contributed by atoms with Gasteiger partial charge in [0.2, 0.25) is 0 Å². The quantitative estimate of drug-likeness (QED) is 0.209. The van der Waals surface area contributed by atoms with Gasteiger partial charge in [-0.05, 0) is 57.6 Å². The fraction of sp³-hybridized carbons (Fsp3) is 0. The highest BCUT2D eigenvalue weighted by Crippen LogP contribution is 2.41. The van der Waals surface area contributed by atoms with Gasteiger partial charge in [0.25, 0.3) is 0 Å². The molecule has 9 rings (SSSR count). The van der Waals surface area contributed by atoms with E-state index in [1.807, 2.05) is 54.6 Å². The smallest absolute Gasteiger partial charge is 0.164 e. The fourth-order valence-electron chi connectivity index (χ4n) is 6.26. The van der Waals surface area contributed by atoms with Gasteiger partial charge >= 0.3 is 0 Å². The van der Waals surface area contributed by atoms with Crippen LogP contribution in [-0.2, 0) is 0 Å². The summed E-state index contributed by atoms with van der Waals surface area (Å²) in [6, 6.07) is 52.2. The highest BCUT2D eigenvalue weighted by molar-refractivity contribution is 6.19. The number of nitrogens with zero attached hydrogens (tertiary/aromatic N) is 3. The van der Waals surface area contributed by atoms with Crippen LogP contribution < -0.4 is 0 Å². The van der Waals surface area contributed by atoms with E-state index < -0.39 is 0 Å². The maximum atomic E-state index is 6.48. The summed E-state index contributed by atoms with van der Waals surface area (Å²) in [7, 11) is 0. The first kappa shape index (κ1) is 25.4. The lowest BCUT2D eigenvalue weighted by Gasteiger charge is -2.12. The topological polar surface area (TPSA) is 51.8 Å². The Morgan fingerprint density at radius 3 is 1.82 bits per heavy atom. The zero-order chi connectivity index (χ0) is 29.7. The summed E-state index contributed by atoms with van der Waals surface area (Å²) in [6.07, 6.45) is 0. The van der Waals surface area contributed by atoms with Gasteiger partial charge in [-0.1, -0.05) is 121 Å². The van der Waals surface area contributed by atoms with E-state index in [4.69, 9.17) is 19.4 Å². The van der Waals surface area contributed by atoms with Crippen molar-refractivity contribution in [2.24, 2.45) is 0 Å². The Kier molecular flexibility index (Phi) is 5.78. The lowest BCUT2D eigenvalue weighted by molar-refractivity contribution is 0.672. The molecule has 0 spiro atoms. The van der Waals surface area contributed by atoms with Crippen LogP contribution in [0.3, 0.4) is 0 Å². The van der Waals surface area contributed by atoms with Crippen LogP contribution in [-0.4, -0.2) is 15.0 Å². The number of para-hydroxylation sites is 1. The lowest BCUT2D eigenvalue weighted by Crippen LogP contribution is -2.00. The van der Waals surface area contributed by atoms with Crippen LogP contribution in [0.4, 0.5) is 0 Å². The molecule has 0 aliphatic carbocycles. The van der Waals surface area contributed by atoms with Crippen molar-refractivity contribution in [2.45, 2.75) is 0 Å². The van der Waals surface area contributed by atoms with Crippen LogP contribution in [0.5, 0.6) is 0 Å². The summed E-state index contributed by atoms with van der Waals surface area (Å²) in [5.41, 5.74) is 6.80. The molecular formula is C41H25N3O. The average molecular weight is 576 g/mol. The van der Waals surface area contributed by atoms with Gasteiger partial charge in [0.05, 0.1) is 0 Å². The lowest BCUT2D eigenvalue weighted by atomic mass is 9.95. The third-order valence-electron chi connectivity index (χ3n) is 8.50. The minimum Gasteiger partial charge on any atom is -0.455 e. The Morgan fingerprint density at radius 1 is 0.356 bits per heavy atom. The van der Waals surface area contributed by atoms with Crippen LogP contribution >= 0.6 is 0 Å². The highest BCUT2D eigenvalue weighted by Gasteiger charge is 2.19. The van der Waals surface area contributed by atoms with Gasteiger partial charge in [-0.15, -0.1) is 0 Å². The molecule has 2 heterocycles. The van der Waals surface area contributed by atoms with Gasteiger partial charge in [-0.25, -0.2) is 15.0 Å². The minimum absolute atomic E-state index is 0.620. The third kappa shape index (κ3) is 4.35. The summed E-state index contributed by atoms with van der Waals surface area (Å²) < 4.78 is 6.48. The van der Waals surface area contributed by atoms with Crippen LogP contribution in [0.25, 0.3) is 88.8 Å². The molecule has 0 fully saturated rings. The molecule has 0 bridgehead atoms. The van der Waals surface area contributed by atoms with E-state index in [-0.39, 0.29) is 0 Å². The first-order valence-electron chi connectivity index (χ1n) is 15.0. The number of hydrogen-bond donors (Lipinski definition) is 0. The SMILES string of the molecule is c1ccc(-c2ccc3c(c2)c(-c2nc(-c4ccccc4)nc(-c4ccc5ccccc5c4)n2)cc2c4ccccc4oc32)cc1. The average Bonchev–Trinajstić information content (AvgIpc) is 3.50. The van der Waals surface area contributed by atoms with Crippen LogP contribution in [0, 0.1) is 0 Å². The predicted octanol–water partition coefficient (Wildman–Crippen LogP) is 10.7. The Balaban J connectivity index is 1.36. The van der Waals surface area contributed by atoms with Crippen molar-refractivity contribution >= 4 is 43.5 Å². The predicted molar refractivity (Wildman–Crippen MR) is 184 cm³/mol. The van der Waals surface area contributed by atoms with Crippen molar-refractivity contribution in [2.75, 3.05) is 0 Å². The molecule has 0 radical (unpaired) electrons. The molecule has 4 heteroatoms. The fourth-order valence-corrected chi connectivity index (χ4v) is 6.26. The molecule has 0 amide bonds. The number of fused-ring (bicyclic) bond motifs is 6. The molecule has 0 aliphatic heterocycles. The molecule has 45 heavy (non-hydrogen) atoms. The van der Waals surface area contributed by atoms with Crippen LogP contribution in [0.2, 0.25) is 0 Å². The molecule has 0 atom stereocenters. The summed E-state index contributed by atoms with van der Waals surface area (Å²) in [6.45, 7) is 0. The van der Waals surface area contributed by atoms with Gasteiger partial charge < -0.3 is 4.42 Å². The molecule has 0 saturated carbocycles. The van der Waals surface area contributed by atoms with E-state index in [0.717, 1.165) is 65.9 Å². The zero-order valence-electron chi connectivity index (χ0n) is 24.2. The Morgan fingerprint density at radius 2 is 1.00 bits per heavy atom. The van der Waals surface area contributed by atoms with Gasteiger partial charge in [-0.3, -0.25) is 0 Å². The van der Waals surface area contributed by atoms with Crippen LogP contribution in [0.1, 0.15) is 0 Å². The number of furan rings is 1. The van der Waals surface area contributed by atoms with Gasteiger partial charge in [0.1, 0.15) is 11.2 Å². The van der Waals surface area contributed by atoms with Gasteiger partial charge in [0, 0.05) is 32.8 Å². The van der Waals surface area contributed by atoms with E-state index in [0.29, 0.717) is 17.5 Å². The molecular weight excluding hydrogens is 550 g/mol. The molecule has 210 valence electrons. The largest absolute Gasteiger partial charge is 0.455 e. The molecule has 0 saturated heterocycles. The normalized spacial score (nSPS) is 11.6. The first-order valence-corrected chi connectivity index (χ1v) is 15.0. The number of rotatable bonds is 4. The Hall–Kier alpha value is -6.13. The number of aromatic nitrogens is 3. The maximum Gasteiger partial charge on any atom is 0.164 e. The van der Waals surface area contributed by atoms with E-state index in [2.05, 4.69) is 97.1 Å². The monoisotopic (exact) mass is 575 g/mol. The standard InChI is InChI=1S/C41H25N3O/c1-3-11-26(12-4-1)30-21-22-33-34(24-30)36(25-35-32-17-9-10-18-37(32)45-38(33)35)41-43-39(28-14-5-2-6-15-28)42-40(44-41)31-20-19-27-13-7-8-16-29(27)23-31/h1-25H. The van der Waals surface area contributed by atoms with E-state index in [9.17, 15) is 0 Å².